The summed E-state index contributed by atoms with van der Waals surface area (Å²) in [7, 11) is 0. The van der Waals surface area contributed by atoms with Crippen LogP contribution in [0.15, 0.2) is 12.1 Å². The van der Waals surface area contributed by atoms with Crippen LogP contribution in [-0.4, -0.2) is 18.3 Å². The molecule has 14 heavy (non-hydrogen) atoms. The summed E-state index contributed by atoms with van der Waals surface area (Å²) < 4.78 is 0. The maximum Gasteiger partial charge on any atom is 0.0505 e. The van der Waals surface area contributed by atoms with Gasteiger partial charge in [-0.15, -0.1) is 11.3 Å². The molecule has 2 nitrogen and oxygen atoms in total. The molecule has 1 heterocycles. The molecule has 0 bridgehead atoms. The molecule has 1 saturated carbocycles. The summed E-state index contributed by atoms with van der Waals surface area (Å²) in [6.07, 6.45) is 2.16. The van der Waals surface area contributed by atoms with Gasteiger partial charge in [0.1, 0.15) is 0 Å². The maximum atomic E-state index is 9.28. The smallest absolute Gasteiger partial charge is 0.0505 e. The van der Waals surface area contributed by atoms with E-state index in [1.165, 1.54) is 9.75 Å². The fourth-order valence-electron chi connectivity index (χ4n) is 1.99. The lowest BCUT2D eigenvalue weighted by molar-refractivity contribution is 0.212. The molecule has 1 fully saturated rings. The average Bonchev–Trinajstić information content (AvgIpc) is 2.78. The maximum absolute atomic E-state index is 9.28. The molecule has 0 saturated heterocycles. The molecule has 1 aromatic rings. The van der Waals surface area contributed by atoms with Crippen LogP contribution in [0, 0.1) is 5.41 Å². The number of aryl methyl sites for hydroxylation is 1. The highest BCUT2D eigenvalue weighted by Gasteiger charge is 2.53. The first-order chi connectivity index (χ1) is 6.75. The number of aliphatic hydroxyl groups is 1. The van der Waals surface area contributed by atoms with Crippen molar-refractivity contribution in [3.8, 4) is 0 Å². The Morgan fingerprint density at radius 1 is 1.64 bits per heavy atom. The van der Waals surface area contributed by atoms with E-state index in [0.717, 1.165) is 12.8 Å². The molecule has 0 aromatic carbocycles. The first kappa shape index (κ1) is 10.1. The molecular weight excluding hydrogens is 194 g/mol. The van der Waals surface area contributed by atoms with Gasteiger partial charge in [0, 0.05) is 27.6 Å². The minimum absolute atomic E-state index is 0.00979. The van der Waals surface area contributed by atoms with Gasteiger partial charge >= 0.3 is 0 Å². The Bertz CT molecular complexity index is 317. The molecule has 0 amide bonds. The molecular formula is C11H17NOS. The predicted molar refractivity (Wildman–Crippen MR) is 59.6 cm³/mol. The van der Waals surface area contributed by atoms with Crippen molar-refractivity contribution >= 4 is 11.3 Å². The second-order valence-corrected chi connectivity index (χ2v) is 5.34. The molecule has 2 unspecified atom stereocenters. The minimum atomic E-state index is 0.00979. The lowest BCUT2D eigenvalue weighted by Crippen LogP contribution is -2.21. The van der Waals surface area contributed by atoms with Crippen LogP contribution in [0.4, 0.5) is 0 Å². The van der Waals surface area contributed by atoms with Crippen LogP contribution in [0.5, 0.6) is 0 Å². The predicted octanol–water partition coefficient (Wildman–Crippen LogP) is 1.74. The summed E-state index contributed by atoms with van der Waals surface area (Å²) in [5, 5.41) is 9.28. The zero-order chi connectivity index (χ0) is 10.2. The molecule has 3 heteroatoms. The normalized spacial score (nSPS) is 30.6. The van der Waals surface area contributed by atoms with Gasteiger partial charge in [-0.3, -0.25) is 0 Å². The molecule has 2 atom stereocenters. The highest BCUT2D eigenvalue weighted by molar-refractivity contribution is 7.12. The third kappa shape index (κ3) is 1.49. The standard InChI is InChI=1S/C11H17NOS/c1-2-8-3-4-10(14-8)9-5-11(9,6-12)7-13/h3-4,9,13H,2,5-7,12H2,1H3. The summed E-state index contributed by atoms with van der Waals surface area (Å²) in [6.45, 7) is 3.01. The Labute approximate surface area is 88.8 Å². The summed E-state index contributed by atoms with van der Waals surface area (Å²) in [6, 6.07) is 4.39. The quantitative estimate of drug-likeness (QED) is 0.797. The van der Waals surface area contributed by atoms with Gasteiger partial charge in [-0.2, -0.15) is 0 Å². The van der Waals surface area contributed by atoms with Crippen LogP contribution in [0.1, 0.15) is 29.0 Å². The van der Waals surface area contributed by atoms with Crippen molar-refractivity contribution < 1.29 is 5.11 Å². The van der Waals surface area contributed by atoms with E-state index in [4.69, 9.17) is 5.73 Å². The van der Waals surface area contributed by atoms with Crippen molar-refractivity contribution in [3.05, 3.63) is 21.9 Å². The highest BCUT2D eigenvalue weighted by atomic mass is 32.1. The zero-order valence-electron chi connectivity index (χ0n) is 8.49. The van der Waals surface area contributed by atoms with Crippen LogP contribution < -0.4 is 5.73 Å². The first-order valence-electron chi connectivity index (χ1n) is 5.15. The van der Waals surface area contributed by atoms with E-state index in [9.17, 15) is 5.11 Å². The SMILES string of the molecule is CCc1ccc(C2CC2(CN)CO)s1. The molecule has 2 rings (SSSR count). The fourth-order valence-corrected chi connectivity index (χ4v) is 3.18. The number of hydrogen-bond acceptors (Lipinski definition) is 3. The third-order valence-corrected chi connectivity index (χ3v) is 4.63. The summed E-state index contributed by atoms with van der Waals surface area (Å²) in [5.41, 5.74) is 5.70. The number of hydrogen-bond donors (Lipinski definition) is 2. The lowest BCUT2D eigenvalue weighted by atomic mass is 10.1. The summed E-state index contributed by atoms with van der Waals surface area (Å²) in [4.78, 5) is 2.83. The van der Waals surface area contributed by atoms with Crippen molar-refractivity contribution in [3.63, 3.8) is 0 Å². The Morgan fingerprint density at radius 3 is 2.86 bits per heavy atom. The molecule has 1 aliphatic rings. The number of rotatable bonds is 4. The van der Waals surface area contributed by atoms with Gasteiger partial charge < -0.3 is 10.8 Å². The fraction of sp³-hybridized carbons (Fsp3) is 0.636. The van der Waals surface area contributed by atoms with Crippen molar-refractivity contribution in [1.29, 1.82) is 0 Å². The third-order valence-electron chi connectivity index (χ3n) is 3.29. The van der Waals surface area contributed by atoms with Gasteiger partial charge in [0.25, 0.3) is 0 Å². The molecule has 0 radical (unpaired) electrons. The van der Waals surface area contributed by atoms with Crippen molar-refractivity contribution in [1.82, 2.24) is 0 Å². The van der Waals surface area contributed by atoms with Gasteiger partial charge in [0.15, 0.2) is 0 Å². The van der Waals surface area contributed by atoms with E-state index in [0.29, 0.717) is 12.5 Å². The van der Waals surface area contributed by atoms with Gasteiger partial charge in [0.05, 0.1) is 6.61 Å². The number of thiophene rings is 1. The summed E-state index contributed by atoms with van der Waals surface area (Å²) in [5.74, 6) is 0.516. The van der Waals surface area contributed by atoms with E-state index in [1.54, 1.807) is 0 Å². The van der Waals surface area contributed by atoms with Crippen LogP contribution in [-0.2, 0) is 6.42 Å². The van der Waals surface area contributed by atoms with Crippen LogP contribution in [0.3, 0.4) is 0 Å². The molecule has 3 N–H and O–H groups in total. The van der Waals surface area contributed by atoms with Crippen molar-refractivity contribution in [2.24, 2.45) is 11.1 Å². The van der Waals surface area contributed by atoms with E-state index in [-0.39, 0.29) is 12.0 Å². The van der Waals surface area contributed by atoms with Crippen LogP contribution in [0.2, 0.25) is 0 Å². The Kier molecular flexibility index (Phi) is 2.64. The van der Waals surface area contributed by atoms with Crippen LogP contribution in [0.25, 0.3) is 0 Å². The average molecular weight is 211 g/mol. The number of nitrogens with two attached hydrogens (primary N) is 1. The Morgan fingerprint density at radius 2 is 2.43 bits per heavy atom. The van der Waals surface area contributed by atoms with Gasteiger partial charge in [-0.05, 0) is 25.0 Å². The lowest BCUT2D eigenvalue weighted by Gasteiger charge is -2.09. The molecule has 0 spiro atoms. The van der Waals surface area contributed by atoms with Crippen molar-refractivity contribution in [2.45, 2.75) is 25.7 Å². The Hall–Kier alpha value is -0.380. The van der Waals surface area contributed by atoms with Gasteiger partial charge in [0.2, 0.25) is 0 Å². The topological polar surface area (TPSA) is 46.2 Å². The Balaban J connectivity index is 2.11. The second kappa shape index (κ2) is 3.65. The summed E-state index contributed by atoms with van der Waals surface area (Å²) >= 11 is 1.87. The van der Waals surface area contributed by atoms with E-state index in [1.807, 2.05) is 11.3 Å². The van der Waals surface area contributed by atoms with Gasteiger partial charge in [-0.25, -0.2) is 0 Å². The second-order valence-electron chi connectivity index (χ2n) is 4.14. The monoisotopic (exact) mass is 211 g/mol. The number of aliphatic hydroxyl groups excluding tert-OH is 1. The molecule has 0 aliphatic heterocycles. The molecule has 1 aliphatic carbocycles. The van der Waals surface area contributed by atoms with Crippen molar-refractivity contribution in [2.75, 3.05) is 13.2 Å². The highest BCUT2D eigenvalue weighted by Crippen LogP contribution is 2.59. The first-order valence-corrected chi connectivity index (χ1v) is 5.97. The molecule has 1 aromatic heterocycles. The van der Waals surface area contributed by atoms with Crippen LogP contribution >= 0.6 is 11.3 Å². The van der Waals surface area contributed by atoms with E-state index in [2.05, 4.69) is 19.1 Å². The largest absolute Gasteiger partial charge is 0.396 e. The van der Waals surface area contributed by atoms with Gasteiger partial charge in [-0.1, -0.05) is 6.92 Å². The zero-order valence-corrected chi connectivity index (χ0v) is 9.31. The minimum Gasteiger partial charge on any atom is -0.396 e. The van der Waals surface area contributed by atoms with E-state index < -0.39 is 0 Å². The van der Waals surface area contributed by atoms with E-state index >= 15 is 0 Å². The molecule has 78 valence electrons.